The van der Waals surface area contributed by atoms with Crippen LogP contribution in [-0.2, 0) is 4.79 Å². The fourth-order valence-corrected chi connectivity index (χ4v) is 1.62. The van der Waals surface area contributed by atoms with Crippen molar-refractivity contribution in [1.82, 2.24) is 15.3 Å². The Labute approximate surface area is 106 Å². The van der Waals surface area contributed by atoms with E-state index in [4.69, 9.17) is 0 Å². The van der Waals surface area contributed by atoms with Gasteiger partial charge in [0.2, 0.25) is 5.91 Å². The molecule has 5 nitrogen and oxygen atoms in total. The fraction of sp³-hybridized carbons (Fsp3) is 0.308. The minimum atomic E-state index is -0.0494. The number of nitrogens with zero attached hydrogens (tertiary/aromatic N) is 2. The van der Waals surface area contributed by atoms with E-state index >= 15 is 0 Å². The maximum atomic E-state index is 11.6. The molecule has 0 aliphatic carbocycles. The number of benzene rings is 1. The molecule has 0 unspecified atom stereocenters. The minimum absolute atomic E-state index is 0.0494. The second kappa shape index (κ2) is 6.07. The molecule has 5 heteroatoms. The van der Waals surface area contributed by atoms with Crippen LogP contribution in [0.25, 0.3) is 11.0 Å². The molecule has 2 aromatic rings. The smallest absolute Gasteiger partial charge is 0.238 e. The molecule has 94 valence electrons. The van der Waals surface area contributed by atoms with E-state index in [0.29, 0.717) is 6.54 Å². The van der Waals surface area contributed by atoms with E-state index in [1.807, 2.05) is 18.2 Å². The van der Waals surface area contributed by atoms with Crippen LogP contribution >= 0.6 is 0 Å². The van der Waals surface area contributed by atoms with E-state index in [1.54, 1.807) is 12.4 Å². The quantitative estimate of drug-likeness (QED) is 0.783. The third-order valence-corrected chi connectivity index (χ3v) is 2.47. The third-order valence-electron chi connectivity index (χ3n) is 2.47. The van der Waals surface area contributed by atoms with Crippen LogP contribution in [0.3, 0.4) is 0 Å². The van der Waals surface area contributed by atoms with Crippen molar-refractivity contribution in [2.24, 2.45) is 0 Å². The number of fused-ring (bicyclic) bond motifs is 1. The van der Waals surface area contributed by atoms with Gasteiger partial charge >= 0.3 is 0 Å². The molecule has 0 spiro atoms. The summed E-state index contributed by atoms with van der Waals surface area (Å²) in [6.45, 7) is 3.23. The van der Waals surface area contributed by atoms with E-state index in [0.717, 1.165) is 29.7 Å². The van der Waals surface area contributed by atoms with Crippen LogP contribution in [0.2, 0.25) is 0 Å². The lowest BCUT2D eigenvalue weighted by molar-refractivity contribution is -0.115. The van der Waals surface area contributed by atoms with Crippen molar-refractivity contribution in [3.05, 3.63) is 30.6 Å². The molecule has 0 radical (unpaired) electrons. The van der Waals surface area contributed by atoms with Gasteiger partial charge in [0.05, 0.1) is 17.6 Å². The van der Waals surface area contributed by atoms with Crippen molar-refractivity contribution < 1.29 is 4.79 Å². The first-order valence-corrected chi connectivity index (χ1v) is 6.01. The summed E-state index contributed by atoms with van der Waals surface area (Å²) >= 11 is 0. The van der Waals surface area contributed by atoms with E-state index in [2.05, 4.69) is 27.5 Å². The number of hydrogen-bond acceptors (Lipinski definition) is 4. The summed E-state index contributed by atoms with van der Waals surface area (Å²) in [5, 5.41) is 5.88. The van der Waals surface area contributed by atoms with Crippen molar-refractivity contribution in [1.29, 1.82) is 0 Å². The van der Waals surface area contributed by atoms with Gasteiger partial charge in [-0.2, -0.15) is 0 Å². The van der Waals surface area contributed by atoms with E-state index in [-0.39, 0.29) is 5.91 Å². The zero-order valence-electron chi connectivity index (χ0n) is 10.3. The SMILES string of the molecule is CCCNCC(=O)Nc1ccc2nccnc2c1. The van der Waals surface area contributed by atoms with Gasteiger partial charge in [0.1, 0.15) is 0 Å². The van der Waals surface area contributed by atoms with Gasteiger partial charge in [-0.1, -0.05) is 6.92 Å². The summed E-state index contributed by atoms with van der Waals surface area (Å²) in [6.07, 6.45) is 4.30. The van der Waals surface area contributed by atoms with Crippen LogP contribution in [-0.4, -0.2) is 29.0 Å². The van der Waals surface area contributed by atoms with Crippen molar-refractivity contribution in [2.75, 3.05) is 18.4 Å². The van der Waals surface area contributed by atoms with Crippen LogP contribution < -0.4 is 10.6 Å². The Balaban J connectivity index is 2.01. The zero-order chi connectivity index (χ0) is 12.8. The molecule has 0 saturated carbocycles. The van der Waals surface area contributed by atoms with Crippen molar-refractivity contribution in [3.8, 4) is 0 Å². The van der Waals surface area contributed by atoms with Crippen molar-refractivity contribution in [3.63, 3.8) is 0 Å². The Morgan fingerprint density at radius 3 is 2.78 bits per heavy atom. The summed E-state index contributed by atoms with van der Waals surface area (Å²) in [5.74, 6) is -0.0494. The molecule has 0 atom stereocenters. The van der Waals surface area contributed by atoms with E-state index in [1.165, 1.54) is 0 Å². The number of carbonyl (C=O) groups excluding carboxylic acids is 1. The fourth-order valence-electron chi connectivity index (χ4n) is 1.62. The second-order valence-corrected chi connectivity index (χ2v) is 3.98. The zero-order valence-corrected chi connectivity index (χ0v) is 10.3. The molecule has 2 N–H and O–H groups in total. The number of anilines is 1. The molecule has 0 aliphatic rings. The lowest BCUT2D eigenvalue weighted by Crippen LogP contribution is -2.28. The van der Waals surface area contributed by atoms with Crippen LogP contribution in [0.4, 0.5) is 5.69 Å². The summed E-state index contributed by atoms with van der Waals surface area (Å²) in [5.41, 5.74) is 2.34. The summed E-state index contributed by atoms with van der Waals surface area (Å²) in [7, 11) is 0. The van der Waals surface area contributed by atoms with Gasteiger partial charge < -0.3 is 10.6 Å². The molecule has 0 bridgehead atoms. The maximum absolute atomic E-state index is 11.6. The molecule has 0 aliphatic heterocycles. The number of hydrogen-bond donors (Lipinski definition) is 2. The number of aromatic nitrogens is 2. The van der Waals surface area contributed by atoms with Crippen LogP contribution in [0.5, 0.6) is 0 Å². The van der Waals surface area contributed by atoms with E-state index in [9.17, 15) is 4.79 Å². The van der Waals surface area contributed by atoms with Crippen LogP contribution in [0, 0.1) is 0 Å². The first-order valence-electron chi connectivity index (χ1n) is 6.01. The van der Waals surface area contributed by atoms with Gasteiger partial charge in [-0.05, 0) is 31.2 Å². The molecular weight excluding hydrogens is 228 g/mol. The first-order chi connectivity index (χ1) is 8.79. The molecule has 1 amide bonds. The van der Waals surface area contributed by atoms with Gasteiger partial charge in [-0.3, -0.25) is 14.8 Å². The molecular formula is C13H16N4O. The van der Waals surface area contributed by atoms with Gasteiger partial charge in [-0.15, -0.1) is 0 Å². The monoisotopic (exact) mass is 244 g/mol. The standard InChI is InChI=1S/C13H16N4O/c1-2-5-14-9-13(18)17-10-3-4-11-12(8-10)16-7-6-15-11/h3-4,6-8,14H,2,5,9H2,1H3,(H,17,18). The number of rotatable bonds is 5. The largest absolute Gasteiger partial charge is 0.325 e. The predicted octanol–water partition coefficient (Wildman–Crippen LogP) is 1.57. The Bertz CT molecular complexity index is 541. The van der Waals surface area contributed by atoms with Crippen molar-refractivity contribution in [2.45, 2.75) is 13.3 Å². The van der Waals surface area contributed by atoms with Gasteiger partial charge in [0, 0.05) is 18.1 Å². The average molecular weight is 244 g/mol. The van der Waals surface area contributed by atoms with Gasteiger partial charge in [0.25, 0.3) is 0 Å². The average Bonchev–Trinajstić information content (AvgIpc) is 2.39. The Morgan fingerprint density at radius 2 is 2.00 bits per heavy atom. The molecule has 0 saturated heterocycles. The van der Waals surface area contributed by atoms with E-state index < -0.39 is 0 Å². The molecule has 1 aromatic carbocycles. The number of carbonyl (C=O) groups is 1. The van der Waals surface area contributed by atoms with Gasteiger partial charge in [-0.25, -0.2) is 0 Å². The predicted molar refractivity (Wildman–Crippen MR) is 71.3 cm³/mol. The molecule has 1 aromatic heterocycles. The summed E-state index contributed by atoms with van der Waals surface area (Å²) in [6, 6.07) is 5.49. The Hall–Kier alpha value is -2.01. The lowest BCUT2D eigenvalue weighted by atomic mass is 10.2. The Kier molecular flexibility index (Phi) is 4.20. The highest BCUT2D eigenvalue weighted by atomic mass is 16.1. The summed E-state index contributed by atoms with van der Waals surface area (Å²) in [4.78, 5) is 20.0. The van der Waals surface area contributed by atoms with Crippen LogP contribution in [0.1, 0.15) is 13.3 Å². The molecule has 1 heterocycles. The number of nitrogens with one attached hydrogen (secondary N) is 2. The highest BCUT2D eigenvalue weighted by Gasteiger charge is 2.03. The summed E-state index contributed by atoms with van der Waals surface area (Å²) < 4.78 is 0. The Morgan fingerprint density at radius 1 is 1.22 bits per heavy atom. The second-order valence-electron chi connectivity index (χ2n) is 3.98. The van der Waals surface area contributed by atoms with Gasteiger partial charge in [0.15, 0.2) is 0 Å². The maximum Gasteiger partial charge on any atom is 0.238 e. The normalized spacial score (nSPS) is 10.5. The highest BCUT2D eigenvalue weighted by molar-refractivity contribution is 5.94. The first kappa shape index (κ1) is 12.4. The van der Waals surface area contributed by atoms with Crippen LogP contribution in [0.15, 0.2) is 30.6 Å². The topological polar surface area (TPSA) is 66.9 Å². The van der Waals surface area contributed by atoms with Crippen molar-refractivity contribution >= 4 is 22.6 Å². The lowest BCUT2D eigenvalue weighted by Gasteiger charge is -2.06. The highest BCUT2D eigenvalue weighted by Crippen LogP contribution is 2.14. The molecule has 0 fully saturated rings. The minimum Gasteiger partial charge on any atom is -0.325 e. The number of amides is 1. The third kappa shape index (κ3) is 3.24. The molecule has 18 heavy (non-hydrogen) atoms. The molecule has 2 rings (SSSR count).